The SMILES string of the molecule is COCCn1c(C)cc(C)c(C(=O)N2C[C@H]3C[C@@H](C2)c2cccc(=O)n2C3)c1=O. The van der Waals surface area contributed by atoms with E-state index in [0.717, 1.165) is 17.8 Å². The molecule has 0 spiro atoms. The van der Waals surface area contributed by atoms with Gasteiger partial charge in [0.05, 0.1) is 6.61 Å². The average molecular weight is 397 g/mol. The third-order valence-corrected chi connectivity index (χ3v) is 6.20. The van der Waals surface area contributed by atoms with E-state index in [9.17, 15) is 14.4 Å². The van der Waals surface area contributed by atoms with Crippen LogP contribution in [0.3, 0.4) is 0 Å². The second-order valence-electron chi connectivity index (χ2n) is 8.20. The molecule has 0 aliphatic carbocycles. The molecule has 0 saturated carbocycles. The van der Waals surface area contributed by atoms with Gasteiger partial charge in [-0.1, -0.05) is 6.07 Å². The molecule has 1 saturated heterocycles. The molecule has 0 N–H and O–H groups in total. The number of pyridine rings is 2. The second kappa shape index (κ2) is 7.63. The fourth-order valence-electron chi connectivity index (χ4n) is 4.87. The van der Waals surface area contributed by atoms with E-state index in [1.165, 1.54) is 0 Å². The topological polar surface area (TPSA) is 73.5 Å². The van der Waals surface area contributed by atoms with Crippen molar-refractivity contribution >= 4 is 5.91 Å². The van der Waals surface area contributed by atoms with Crippen LogP contribution in [0, 0.1) is 19.8 Å². The molecular weight excluding hydrogens is 370 g/mol. The maximum Gasteiger partial charge on any atom is 0.263 e. The highest BCUT2D eigenvalue weighted by molar-refractivity contribution is 5.95. The van der Waals surface area contributed by atoms with Crippen LogP contribution in [0.2, 0.25) is 0 Å². The number of piperidine rings is 1. The first-order chi connectivity index (χ1) is 13.9. The van der Waals surface area contributed by atoms with Crippen molar-refractivity contribution in [3.8, 4) is 0 Å². The van der Waals surface area contributed by atoms with E-state index < -0.39 is 0 Å². The third-order valence-electron chi connectivity index (χ3n) is 6.20. The minimum absolute atomic E-state index is 0.0207. The molecule has 2 atom stereocenters. The zero-order valence-corrected chi connectivity index (χ0v) is 17.2. The number of amides is 1. The number of hydrogen-bond acceptors (Lipinski definition) is 4. The van der Waals surface area contributed by atoms with Crippen LogP contribution in [0.15, 0.2) is 33.9 Å². The van der Waals surface area contributed by atoms with Gasteiger partial charge in [-0.3, -0.25) is 14.4 Å². The van der Waals surface area contributed by atoms with E-state index in [4.69, 9.17) is 4.74 Å². The van der Waals surface area contributed by atoms with E-state index >= 15 is 0 Å². The van der Waals surface area contributed by atoms with Crippen molar-refractivity contribution < 1.29 is 9.53 Å². The van der Waals surface area contributed by atoms with Gasteiger partial charge in [0.25, 0.3) is 17.0 Å². The van der Waals surface area contributed by atoms with Gasteiger partial charge in [-0.15, -0.1) is 0 Å². The van der Waals surface area contributed by atoms with Gasteiger partial charge < -0.3 is 18.8 Å². The number of nitrogens with zero attached hydrogens (tertiary/aromatic N) is 3. The zero-order chi connectivity index (χ0) is 20.7. The number of aromatic nitrogens is 2. The molecule has 2 aromatic rings. The smallest absolute Gasteiger partial charge is 0.263 e. The normalized spacial score (nSPS) is 20.4. The minimum Gasteiger partial charge on any atom is -0.383 e. The summed E-state index contributed by atoms with van der Waals surface area (Å²) in [6, 6.07) is 7.24. The maximum atomic E-state index is 13.4. The Balaban J connectivity index is 1.67. The highest BCUT2D eigenvalue weighted by Gasteiger charge is 2.37. The summed E-state index contributed by atoms with van der Waals surface area (Å²) in [4.78, 5) is 40.5. The molecule has 1 fully saturated rings. The molecule has 29 heavy (non-hydrogen) atoms. The fourth-order valence-corrected chi connectivity index (χ4v) is 4.87. The van der Waals surface area contributed by atoms with Gasteiger partial charge in [0, 0.05) is 56.7 Å². The first-order valence-electron chi connectivity index (χ1n) is 10.1. The van der Waals surface area contributed by atoms with Crippen molar-refractivity contribution in [3.63, 3.8) is 0 Å². The Morgan fingerprint density at radius 3 is 2.72 bits per heavy atom. The summed E-state index contributed by atoms with van der Waals surface area (Å²) in [7, 11) is 1.59. The standard InChI is InChI=1S/C22H27N3O4/c1-14-9-15(2)24(7-8-29-3)22(28)20(14)21(27)23-11-16-10-17(13-23)18-5-4-6-19(26)25(18)12-16/h4-6,9,16-17H,7-8,10-13H2,1-3H3/t16-,17+/m1/s1. The van der Waals surface area contributed by atoms with Gasteiger partial charge in [0.1, 0.15) is 5.56 Å². The van der Waals surface area contributed by atoms with Crippen LogP contribution in [0.4, 0.5) is 0 Å². The lowest BCUT2D eigenvalue weighted by atomic mass is 9.83. The largest absolute Gasteiger partial charge is 0.383 e. The quantitative estimate of drug-likeness (QED) is 0.784. The first-order valence-corrected chi connectivity index (χ1v) is 10.1. The molecule has 0 unspecified atom stereocenters. The van der Waals surface area contributed by atoms with E-state index in [-0.39, 0.29) is 34.4 Å². The van der Waals surface area contributed by atoms with Crippen LogP contribution in [0.25, 0.3) is 0 Å². The van der Waals surface area contributed by atoms with Gasteiger partial charge >= 0.3 is 0 Å². The molecule has 0 radical (unpaired) electrons. The number of carbonyl (C=O) groups excluding carboxylic acids is 1. The third kappa shape index (κ3) is 3.44. The van der Waals surface area contributed by atoms with Crippen LogP contribution in [0.5, 0.6) is 0 Å². The van der Waals surface area contributed by atoms with E-state index in [2.05, 4.69) is 0 Å². The van der Waals surface area contributed by atoms with Crippen molar-refractivity contribution in [3.05, 3.63) is 67.5 Å². The van der Waals surface area contributed by atoms with E-state index in [1.807, 2.05) is 30.5 Å². The van der Waals surface area contributed by atoms with Crippen molar-refractivity contribution in [1.29, 1.82) is 0 Å². The molecule has 2 bridgehead atoms. The van der Waals surface area contributed by atoms with Crippen LogP contribution in [-0.4, -0.2) is 46.7 Å². The Morgan fingerprint density at radius 1 is 1.17 bits per heavy atom. The van der Waals surface area contributed by atoms with Crippen molar-refractivity contribution in [2.75, 3.05) is 26.8 Å². The van der Waals surface area contributed by atoms with Crippen molar-refractivity contribution in [2.45, 2.75) is 39.3 Å². The van der Waals surface area contributed by atoms with Gasteiger partial charge in [-0.25, -0.2) is 0 Å². The van der Waals surface area contributed by atoms with Gasteiger partial charge in [0.2, 0.25) is 0 Å². The van der Waals surface area contributed by atoms with Crippen LogP contribution in [0.1, 0.15) is 39.6 Å². The maximum absolute atomic E-state index is 13.4. The molecule has 7 heteroatoms. The fraction of sp³-hybridized carbons (Fsp3) is 0.500. The summed E-state index contributed by atoms with van der Waals surface area (Å²) in [6.07, 6.45) is 0.970. The Morgan fingerprint density at radius 2 is 1.97 bits per heavy atom. The minimum atomic E-state index is -0.253. The first kappa shape index (κ1) is 19.6. The molecule has 2 aromatic heterocycles. The lowest BCUT2D eigenvalue weighted by Gasteiger charge is -2.42. The number of fused-ring (bicyclic) bond motifs is 4. The Hall–Kier alpha value is -2.67. The van der Waals surface area contributed by atoms with Crippen LogP contribution in [-0.2, 0) is 17.8 Å². The van der Waals surface area contributed by atoms with E-state index in [1.54, 1.807) is 28.7 Å². The Kier molecular flexibility index (Phi) is 5.17. The van der Waals surface area contributed by atoms with Crippen molar-refractivity contribution in [2.24, 2.45) is 5.92 Å². The number of ether oxygens (including phenoxy) is 1. The van der Waals surface area contributed by atoms with Gasteiger partial charge in [-0.2, -0.15) is 0 Å². The lowest BCUT2D eigenvalue weighted by molar-refractivity contribution is 0.0591. The van der Waals surface area contributed by atoms with Crippen LogP contribution >= 0.6 is 0 Å². The highest BCUT2D eigenvalue weighted by Crippen LogP contribution is 2.35. The predicted molar refractivity (Wildman–Crippen MR) is 110 cm³/mol. The predicted octanol–water partition coefficient (Wildman–Crippen LogP) is 1.53. The summed E-state index contributed by atoms with van der Waals surface area (Å²) >= 11 is 0. The van der Waals surface area contributed by atoms with Gasteiger partial charge in [0.15, 0.2) is 0 Å². The monoisotopic (exact) mass is 397 g/mol. The molecule has 0 aromatic carbocycles. The summed E-state index contributed by atoms with van der Waals surface area (Å²) in [5, 5.41) is 0. The molecule has 154 valence electrons. The number of rotatable bonds is 4. The molecule has 4 rings (SSSR count). The number of likely N-dealkylation sites (tertiary alicyclic amines) is 1. The molecule has 2 aliphatic heterocycles. The van der Waals surface area contributed by atoms with E-state index in [0.29, 0.717) is 38.3 Å². The number of hydrogen-bond donors (Lipinski definition) is 0. The summed E-state index contributed by atoms with van der Waals surface area (Å²) < 4.78 is 8.57. The van der Waals surface area contributed by atoms with Crippen LogP contribution < -0.4 is 11.1 Å². The summed E-state index contributed by atoms with van der Waals surface area (Å²) in [5.74, 6) is 0.147. The van der Waals surface area contributed by atoms with Gasteiger partial charge in [-0.05, 0) is 43.9 Å². The number of carbonyl (C=O) groups is 1. The number of aryl methyl sites for hydroxylation is 2. The average Bonchev–Trinajstić information content (AvgIpc) is 2.68. The Bertz CT molecular complexity index is 1070. The Labute approximate surface area is 169 Å². The number of methoxy groups -OCH3 is 1. The molecule has 4 heterocycles. The molecule has 2 aliphatic rings. The molecule has 1 amide bonds. The second-order valence-corrected chi connectivity index (χ2v) is 8.20. The van der Waals surface area contributed by atoms with Crippen molar-refractivity contribution in [1.82, 2.24) is 14.0 Å². The molecule has 7 nitrogen and oxygen atoms in total. The summed E-state index contributed by atoms with van der Waals surface area (Å²) in [5.41, 5.74) is 2.54. The zero-order valence-electron chi connectivity index (χ0n) is 17.2. The molecular formula is C22H27N3O4. The summed E-state index contributed by atoms with van der Waals surface area (Å²) in [6.45, 7) is 6.26. The highest BCUT2D eigenvalue weighted by atomic mass is 16.5. The lowest BCUT2D eigenvalue weighted by Crippen LogP contribution is -2.50.